The van der Waals surface area contributed by atoms with Crippen molar-refractivity contribution in [2.45, 2.75) is 12.3 Å². The normalized spacial score (nSPS) is 18.0. The quantitative estimate of drug-likeness (QED) is 0.701. The van der Waals surface area contributed by atoms with Gasteiger partial charge in [-0.15, -0.1) is 0 Å². The van der Waals surface area contributed by atoms with Crippen LogP contribution in [0.3, 0.4) is 0 Å². The fraction of sp³-hybridized carbons (Fsp3) is 0.154. The molecule has 0 spiro atoms. The number of hydrogen-bond donors (Lipinski definition) is 0. The lowest BCUT2D eigenvalue weighted by Gasteiger charge is -2.28. The molecule has 0 radical (unpaired) electrons. The van der Waals surface area contributed by atoms with Crippen molar-refractivity contribution in [2.75, 3.05) is 0 Å². The fourth-order valence-electron chi connectivity index (χ4n) is 2.10. The van der Waals surface area contributed by atoms with Gasteiger partial charge in [0.25, 0.3) is 0 Å². The average molecular weight is 214 g/mol. The van der Waals surface area contributed by atoms with E-state index in [0.717, 1.165) is 12.0 Å². The van der Waals surface area contributed by atoms with Crippen LogP contribution in [0.25, 0.3) is 0 Å². The Morgan fingerprint density at radius 3 is 2.87 bits per heavy atom. The molecule has 0 saturated heterocycles. The van der Waals surface area contributed by atoms with Crippen molar-refractivity contribution in [3.05, 3.63) is 57.8 Å². The molecular weight excluding hydrogens is 204 g/mol. The highest BCUT2D eigenvalue weighted by Crippen LogP contribution is 2.37. The van der Waals surface area contributed by atoms with Gasteiger partial charge in [-0.2, -0.15) is 11.3 Å². The van der Waals surface area contributed by atoms with E-state index in [0.29, 0.717) is 0 Å². The number of Topliss-reactive ketones (excluding diaryl/α,β-unsaturated/α-hetero) is 1. The van der Waals surface area contributed by atoms with E-state index in [9.17, 15) is 4.79 Å². The van der Waals surface area contributed by atoms with Gasteiger partial charge in [-0.1, -0.05) is 24.3 Å². The summed E-state index contributed by atoms with van der Waals surface area (Å²) in [7, 11) is 0. The summed E-state index contributed by atoms with van der Waals surface area (Å²) in [4.78, 5) is 12.1. The first kappa shape index (κ1) is 8.86. The summed E-state index contributed by atoms with van der Waals surface area (Å²) < 4.78 is 0. The average Bonchev–Trinajstić information content (AvgIpc) is 2.72. The minimum Gasteiger partial charge on any atom is -0.293 e. The molecule has 2 heteroatoms. The first-order valence-corrected chi connectivity index (χ1v) is 5.95. The van der Waals surface area contributed by atoms with Gasteiger partial charge in [-0.05, 0) is 29.0 Å². The van der Waals surface area contributed by atoms with E-state index in [-0.39, 0.29) is 11.7 Å². The molecule has 3 rings (SSSR count). The van der Waals surface area contributed by atoms with Gasteiger partial charge in [0.1, 0.15) is 0 Å². The maximum atomic E-state index is 12.1. The molecule has 1 aliphatic rings. The molecule has 0 fully saturated rings. The smallest absolute Gasteiger partial charge is 0.171 e. The highest BCUT2D eigenvalue weighted by molar-refractivity contribution is 7.08. The zero-order chi connectivity index (χ0) is 10.3. The maximum absolute atomic E-state index is 12.1. The minimum absolute atomic E-state index is 0.107. The second-order valence-electron chi connectivity index (χ2n) is 3.83. The predicted molar refractivity (Wildman–Crippen MR) is 61.5 cm³/mol. The van der Waals surface area contributed by atoms with Crippen molar-refractivity contribution in [2.24, 2.45) is 0 Å². The van der Waals surface area contributed by atoms with Crippen molar-refractivity contribution in [3.63, 3.8) is 0 Å². The van der Waals surface area contributed by atoms with Gasteiger partial charge in [0.15, 0.2) is 5.78 Å². The van der Waals surface area contributed by atoms with Crippen LogP contribution in [0.2, 0.25) is 0 Å². The Morgan fingerprint density at radius 1 is 1.27 bits per heavy atom. The second-order valence-corrected chi connectivity index (χ2v) is 4.61. The molecule has 1 aliphatic carbocycles. The molecule has 1 nitrogen and oxygen atoms in total. The Morgan fingerprint density at radius 2 is 2.13 bits per heavy atom. The largest absolute Gasteiger partial charge is 0.293 e. The molecule has 0 saturated carbocycles. The predicted octanol–water partition coefficient (Wildman–Crippen LogP) is 3.27. The van der Waals surface area contributed by atoms with E-state index in [4.69, 9.17) is 0 Å². The summed E-state index contributed by atoms with van der Waals surface area (Å²) in [6.45, 7) is 0. The van der Waals surface area contributed by atoms with Crippen LogP contribution in [0.5, 0.6) is 0 Å². The van der Waals surface area contributed by atoms with Crippen LogP contribution < -0.4 is 0 Å². The molecule has 1 aromatic heterocycles. The maximum Gasteiger partial charge on any atom is 0.171 e. The number of thiophene rings is 1. The summed E-state index contributed by atoms with van der Waals surface area (Å²) in [5.74, 6) is 0.380. The molecule has 2 aromatic rings. The Bertz CT molecular complexity index is 499. The fourth-order valence-corrected chi connectivity index (χ4v) is 2.74. The Labute approximate surface area is 92.4 Å². The van der Waals surface area contributed by atoms with Crippen LogP contribution in [-0.4, -0.2) is 5.78 Å². The number of hydrogen-bond acceptors (Lipinski definition) is 2. The van der Waals surface area contributed by atoms with E-state index in [1.807, 2.05) is 29.0 Å². The molecule has 0 N–H and O–H groups in total. The van der Waals surface area contributed by atoms with Gasteiger partial charge in [0.2, 0.25) is 0 Å². The van der Waals surface area contributed by atoms with Crippen molar-refractivity contribution in [3.8, 4) is 0 Å². The number of carbonyl (C=O) groups is 1. The summed E-state index contributed by atoms with van der Waals surface area (Å²) in [5, 5.41) is 3.89. The van der Waals surface area contributed by atoms with Crippen molar-refractivity contribution in [1.82, 2.24) is 0 Å². The van der Waals surface area contributed by atoms with Crippen LogP contribution in [0, 0.1) is 0 Å². The molecule has 1 unspecified atom stereocenters. The van der Waals surface area contributed by atoms with Gasteiger partial charge in [-0.25, -0.2) is 0 Å². The van der Waals surface area contributed by atoms with E-state index in [2.05, 4.69) is 12.1 Å². The number of benzene rings is 1. The van der Waals surface area contributed by atoms with Crippen molar-refractivity contribution < 1.29 is 4.79 Å². The Balaban J connectivity index is 1.91. The third-order valence-electron chi connectivity index (χ3n) is 2.98. The molecular formula is C13H10OS. The minimum atomic E-state index is 0.107. The summed E-state index contributed by atoms with van der Waals surface area (Å²) in [6.07, 6.45) is 0.908. The molecule has 74 valence electrons. The standard InChI is InChI=1S/C13H10OS/c14-13(10-5-6-15-8-10)12-7-9-3-1-2-4-11(9)12/h1-6,8,12H,7H2. The first-order chi connectivity index (χ1) is 7.36. The lowest BCUT2D eigenvalue weighted by Crippen LogP contribution is -2.24. The molecule has 15 heavy (non-hydrogen) atoms. The summed E-state index contributed by atoms with van der Waals surface area (Å²) in [6, 6.07) is 10.1. The third kappa shape index (κ3) is 1.33. The van der Waals surface area contributed by atoms with Crippen LogP contribution in [0.1, 0.15) is 27.4 Å². The van der Waals surface area contributed by atoms with Crippen LogP contribution in [-0.2, 0) is 6.42 Å². The molecule has 1 heterocycles. The number of fused-ring (bicyclic) bond motifs is 1. The van der Waals surface area contributed by atoms with Gasteiger partial charge in [0, 0.05) is 10.9 Å². The van der Waals surface area contributed by atoms with Crippen LogP contribution >= 0.6 is 11.3 Å². The van der Waals surface area contributed by atoms with Gasteiger partial charge >= 0.3 is 0 Å². The number of rotatable bonds is 2. The highest BCUT2D eigenvalue weighted by Gasteiger charge is 2.32. The topological polar surface area (TPSA) is 17.1 Å². The zero-order valence-electron chi connectivity index (χ0n) is 8.14. The monoisotopic (exact) mass is 214 g/mol. The van der Waals surface area contributed by atoms with Gasteiger partial charge in [0.05, 0.1) is 5.92 Å². The lowest BCUT2D eigenvalue weighted by atomic mass is 9.74. The number of carbonyl (C=O) groups excluding carboxylic acids is 1. The first-order valence-electron chi connectivity index (χ1n) is 5.00. The van der Waals surface area contributed by atoms with Crippen molar-refractivity contribution >= 4 is 17.1 Å². The van der Waals surface area contributed by atoms with Gasteiger partial charge < -0.3 is 0 Å². The van der Waals surface area contributed by atoms with Crippen LogP contribution in [0.4, 0.5) is 0 Å². The SMILES string of the molecule is O=C(c1ccsc1)C1Cc2ccccc21. The Kier molecular flexibility index (Phi) is 1.96. The van der Waals surface area contributed by atoms with E-state index >= 15 is 0 Å². The molecule has 0 aliphatic heterocycles. The molecule has 0 bridgehead atoms. The van der Waals surface area contributed by atoms with E-state index in [1.54, 1.807) is 11.3 Å². The third-order valence-corrected chi connectivity index (χ3v) is 3.66. The van der Waals surface area contributed by atoms with Crippen molar-refractivity contribution in [1.29, 1.82) is 0 Å². The Hall–Kier alpha value is -1.41. The highest BCUT2D eigenvalue weighted by atomic mass is 32.1. The lowest BCUT2D eigenvalue weighted by molar-refractivity contribution is 0.0949. The molecule has 1 aromatic carbocycles. The molecule has 0 amide bonds. The second kappa shape index (κ2) is 3.31. The van der Waals surface area contributed by atoms with E-state index in [1.165, 1.54) is 11.1 Å². The van der Waals surface area contributed by atoms with Crippen LogP contribution in [0.15, 0.2) is 41.1 Å². The molecule has 1 atom stereocenters. The zero-order valence-corrected chi connectivity index (χ0v) is 8.96. The summed E-state index contributed by atoms with van der Waals surface area (Å²) in [5.41, 5.74) is 3.40. The summed E-state index contributed by atoms with van der Waals surface area (Å²) >= 11 is 1.58. The number of ketones is 1. The van der Waals surface area contributed by atoms with E-state index < -0.39 is 0 Å². The van der Waals surface area contributed by atoms with Gasteiger partial charge in [-0.3, -0.25) is 4.79 Å².